The van der Waals surface area contributed by atoms with Gasteiger partial charge in [-0.2, -0.15) is 0 Å². The maximum Gasteiger partial charge on any atom is 0.191 e. The van der Waals surface area contributed by atoms with Gasteiger partial charge < -0.3 is 15.4 Å². The maximum atomic E-state index is 5.06. The second kappa shape index (κ2) is 7.24. The van der Waals surface area contributed by atoms with Crippen LogP contribution in [0.3, 0.4) is 0 Å². The second-order valence-electron chi connectivity index (χ2n) is 3.51. The molecule has 16 heavy (non-hydrogen) atoms. The van der Waals surface area contributed by atoms with Gasteiger partial charge in [-0.1, -0.05) is 6.07 Å². The van der Waals surface area contributed by atoms with Crippen LogP contribution in [0.4, 0.5) is 0 Å². The first kappa shape index (κ1) is 13.0. The summed E-state index contributed by atoms with van der Waals surface area (Å²) in [6, 6.07) is 4.40. The van der Waals surface area contributed by atoms with Gasteiger partial charge in [0.05, 0.1) is 13.2 Å². The lowest BCUT2D eigenvalue weighted by molar-refractivity contribution is 0.179. The number of hydrogen-bond acceptors (Lipinski definition) is 3. The molecule has 90 valence electrons. The van der Waals surface area contributed by atoms with E-state index in [2.05, 4.69) is 34.0 Å². The van der Waals surface area contributed by atoms with Gasteiger partial charge in [0.25, 0.3) is 0 Å². The summed E-state index contributed by atoms with van der Waals surface area (Å²) >= 11 is 1.73. The predicted octanol–water partition coefficient (Wildman–Crippen LogP) is 1.45. The minimum Gasteiger partial charge on any atom is -0.383 e. The summed E-state index contributed by atoms with van der Waals surface area (Å²) in [5.41, 5.74) is 0. The number of aliphatic imine (C=N–C) groups is 1. The third-order valence-corrected chi connectivity index (χ3v) is 2.91. The van der Waals surface area contributed by atoms with Crippen LogP contribution in [-0.4, -0.2) is 32.8 Å². The van der Waals surface area contributed by atoms with E-state index in [4.69, 9.17) is 4.74 Å². The van der Waals surface area contributed by atoms with Gasteiger partial charge >= 0.3 is 0 Å². The van der Waals surface area contributed by atoms with Crippen molar-refractivity contribution < 1.29 is 4.74 Å². The minimum absolute atomic E-state index is 0.250. The Morgan fingerprint density at radius 1 is 1.62 bits per heavy atom. The highest BCUT2D eigenvalue weighted by atomic mass is 32.1. The summed E-state index contributed by atoms with van der Waals surface area (Å²) in [6.07, 6.45) is 0. The van der Waals surface area contributed by atoms with E-state index in [0.717, 1.165) is 12.5 Å². The summed E-state index contributed by atoms with van der Waals surface area (Å²) in [5, 5.41) is 8.57. The molecular formula is C11H19N3OS. The Morgan fingerprint density at radius 3 is 3.00 bits per heavy atom. The maximum absolute atomic E-state index is 5.06. The van der Waals surface area contributed by atoms with Crippen molar-refractivity contribution in [1.82, 2.24) is 10.6 Å². The molecule has 4 nitrogen and oxygen atoms in total. The van der Waals surface area contributed by atoms with Crippen molar-refractivity contribution in [2.24, 2.45) is 4.99 Å². The molecule has 1 rings (SSSR count). The zero-order chi connectivity index (χ0) is 11.8. The molecule has 0 bridgehead atoms. The average molecular weight is 241 g/mol. The number of nitrogens with zero attached hydrogens (tertiary/aromatic N) is 1. The van der Waals surface area contributed by atoms with E-state index in [1.165, 1.54) is 4.88 Å². The number of guanidine groups is 1. The van der Waals surface area contributed by atoms with Crippen molar-refractivity contribution in [2.75, 3.05) is 20.8 Å². The molecule has 0 aliphatic rings. The summed E-state index contributed by atoms with van der Waals surface area (Å²) in [5.74, 6) is 0.804. The quantitative estimate of drug-likeness (QED) is 0.606. The van der Waals surface area contributed by atoms with Crippen LogP contribution in [0.5, 0.6) is 0 Å². The number of nitrogens with one attached hydrogen (secondary N) is 2. The van der Waals surface area contributed by atoms with Crippen LogP contribution in [0.15, 0.2) is 22.5 Å². The number of rotatable bonds is 5. The zero-order valence-electron chi connectivity index (χ0n) is 9.99. The molecule has 1 atom stereocenters. The lowest BCUT2D eigenvalue weighted by Crippen LogP contribution is -2.43. The lowest BCUT2D eigenvalue weighted by atomic mass is 10.4. The van der Waals surface area contributed by atoms with E-state index in [-0.39, 0.29) is 6.04 Å². The van der Waals surface area contributed by atoms with Gasteiger partial charge in [-0.15, -0.1) is 11.3 Å². The third kappa shape index (κ3) is 4.63. The summed E-state index contributed by atoms with van der Waals surface area (Å²) in [4.78, 5) is 5.45. The fourth-order valence-corrected chi connectivity index (χ4v) is 1.95. The van der Waals surface area contributed by atoms with Crippen molar-refractivity contribution in [3.05, 3.63) is 22.4 Å². The second-order valence-corrected chi connectivity index (χ2v) is 4.54. The van der Waals surface area contributed by atoms with E-state index in [0.29, 0.717) is 6.61 Å². The van der Waals surface area contributed by atoms with Gasteiger partial charge in [-0.3, -0.25) is 4.99 Å². The Hall–Kier alpha value is -1.07. The largest absolute Gasteiger partial charge is 0.383 e. The molecule has 0 radical (unpaired) electrons. The molecule has 0 amide bonds. The highest BCUT2D eigenvalue weighted by molar-refractivity contribution is 7.09. The highest BCUT2D eigenvalue weighted by Gasteiger charge is 2.04. The van der Waals surface area contributed by atoms with Crippen LogP contribution in [0.25, 0.3) is 0 Å². The van der Waals surface area contributed by atoms with Gasteiger partial charge in [-0.05, 0) is 18.4 Å². The Bertz CT molecular complexity index is 311. The molecule has 5 heteroatoms. The van der Waals surface area contributed by atoms with Crippen LogP contribution >= 0.6 is 11.3 Å². The Balaban J connectivity index is 2.32. The number of ether oxygens (including phenoxy) is 1. The first-order valence-corrected chi connectivity index (χ1v) is 6.12. The van der Waals surface area contributed by atoms with Crippen molar-refractivity contribution in [3.8, 4) is 0 Å². The molecule has 2 N–H and O–H groups in total. The molecule has 0 fully saturated rings. The van der Waals surface area contributed by atoms with Gasteiger partial charge in [0.2, 0.25) is 0 Å². The predicted molar refractivity (Wildman–Crippen MR) is 69.0 cm³/mol. The van der Waals surface area contributed by atoms with E-state index >= 15 is 0 Å². The molecule has 0 saturated heterocycles. The molecular weight excluding hydrogens is 222 g/mol. The zero-order valence-corrected chi connectivity index (χ0v) is 10.8. The fourth-order valence-electron chi connectivity index (χ4n) is 1.30. The van der Waals surface area contributed by atoms with E-state index in [9.17, 15) is 0 Å². The van der Waals surface area contributed by atoms with Gasteiger partial charge in [0, 0.05) is 25.1 Å². The van der Waals surface area contributed by atoms with Gasteiger partial charge in [-0.25, -0.2) is 0 Å². The molecule has 0 saturated carbocycles. The van der Waals surface area contributed by atoms with Crippen LogP contribution in [-0.2, 0) is 11.3 Å². The standard InChI is InChI=1S/C11H19N3OS/c1-9(8-15-3)14-11(12-2)13-7-10-5-4-6-16-10/h4-6,9H,7-8H2,1-3H3,(H2,12,13,14). The van der Waals surface area contributed by atoms with Crippen molar-refractivity contribution in [3.63, 3.8) is 0 Å². The summed E-state index contributed by atoms with van der Waals surface area (Å²) in [6.45, 7) is 3.53. The lowest BCUT2D eigenvalue weighted by Gasteiger charge is -2.16. The fraction of sp³-hybridized carbons (Fsp3) is 0.545. The van der Waals surface area contributed by atoms with Crippen molar-refractivity contribution >= 4 is 17.3 Å². The van der Waals surface area contributed by atoms with Crippen LogP contribution in [0.2, 0.25) is 0 Å². The molecule has 0 aliphatic carbocycles. The molecule has 0 spiro atoms. The van der Waals surface area contributed by atoms with Crippen LogP contribution in [0.1, 0.15) is 11.8 Å². The number of methoxy groups -OCH3 is 1. The van der Waals surface area contributed by atoms with Crippen LogP contribution in [0, 0.1) is 0 Å². The van der Waals surface area contributed by atoms with Gasteiger partial charge in [0.15, 0.2) is 5.96 Å². The Kier molecular flexibility index (Phi) is 5.88. The highest BCUT2D eigenvalue weighted by Crippen LogP contribution is 2.07. The van der Waals surface area contributed by atoms with Crippen molar-refractivity contribution in [1.29, 1.82) is 0 Å². The normalized spacial score (nSPS) is 13.6. The minimum atomic E-state index is 0.250. The topological polar surface area (TPSA) is 45.7 Å². The SMILES string of the molecule is CN=C(NCc1cccs1)NC(C)COC. The number of hydrogen-bond donors (Lipinski definition) is 2. The molecule has 1 aromatic heterocycles. The molecule has 0 aliphatic heterocycles. The Labute approximate surface area is 101 Å². The van der Waals surface area contributed by atoms with E-state index in [1.54, 1.807) is 25.5 Å². The van der Waals surface area contributed by atoms with Gasteiger partial charge in [0.1, 0.15) is 0 Å². The van der Waals surface area contributed by atoms with Crippen LogP contribution < -0.4 is 10.6 Å². The molecule has 1 heterocycles. The van der Waals surface area contributed by atoms with E-state index in [1.807, 2.05) is 6.07 Å². The molecule has 1 unspecified atom stereocenters. The van der Waals surface area contributed by atoms with E-state index < -0.39 is 0 Å². The summed E-state index contributed by atoms with van der Waals surface area (Å²) in [7, 11) is 3.46. The smallest absolute Gasteiger partial charge is 0.191 e. The monoisotopic (exact) mass is 241 g/mol. The Morgan fingerprint density at radius 2 is 2.44 bits per heavy atom. The summed E-state index contributed by atoms with van der Waals surface area (Å²) < 4.78 is 5.06. The first-order valence-electron chi connectivity index (χ1n) is 5.24. The van der Waals surface area contributed by atoms with Crippen molar-refractivity contribution in [2.45, 2.75) is 19.5 Å². The number of thiophene rings is 1. The molecule has 0 aromatic carbocycles. The molecule has 1 aromatic rings. The third-order valence-electron chi connectivity index (χ3n) is 2.03. The average Bonchev–Trinajstić information content (AvgIpc) is 2.77. The first-order chi connectivity index (χ1) is 7.76.